The maximum Gasteiger partial charge on any atom is 0.223 e. The molecule has 0 spiro atoms. The lowest BCUT2D eigenvalue weighted by atomic mass is 10.2. The summed E-state index contributed by atoms with van der Waals surface area (Å²) in [5.74, 6) is -0.0273. The van der Waals surface area contributed by atoms with Crippen molar-refractivity contribution in [2.75, 3.05) is 18.0 Å². The molecule has 6 N–H and O–H groups in total. The molecule has 0 atom stereocenters. The van der Waals surface area contributed by atoms with E-state index in [0.717, 1.165) is 24.5 Å². The van der Waals surface area contributed by atoms with E-state index in [1.165, 1.54) is 12.8 Å². The number of aliphatic imine (C=N–C) groups is 2. The number of hydrogen-bond donors (Lipinski definition) is 3. The van der Waals surface area contributed by atoms with Gasteiger partial charge in [0.1, 0.15) is 0 Å². The van der Waals surface area contributed by atoms with E-state index < -0.39 is 0 Å². The fourth-order valence-electron chi connectivity index (χ4n) is 2.02. The number of rotatable bonds is 2. The van der Waals surface area contributed by atoms with Gasteiger partial charge in [0.2, 0.25) is 5.96 Å². The molecule has 1 aromatic rings. The van der Waals surface area contributed by atoms with Gasteiger partial charge in [0, 0.05) is 18.8 Å². The highest BCUT2D eigenvalue weighted by atomic mass is 15.1. The van der Waals surface area contributed by atoms with Gasteiger partial charge in [-0.25, -0.2) is 4.99 Å². The average molecular weight is 246 g/mol. The molecule has 0 saturated carbocycles. The van der Waals surface area contributed by atoms with Gasteiger partial charge in [-0.05, 0) is 31.0 Å². The van der Waals surface area contributed by atoms with Crippen LogP contribution in [-0.4, -0.2) is 25.0 Å². The lowest BCUT2D eigenvalue weighted by molar-refractivity contribution is 0.949. The van der Waals surface area contributed by atoms with Gasteiger partial charge in [-0.2, -0.15) is 4.99 Å². The third-order valence-corrected chi connectivity index (χ3v) is 2.79. The first-order chi connectivity index (χ1) is 8.65. The van der Waals surface area contributed by atoms with Crippen molar-refractivity contribution in [3.8, 4) is 0 Å². The number of benzene rings is 1. The molecule has 6 heteroatoms. The van der Waals surface area contributed by atoms with Crippen molar-refractivity contribution < 1.29 is 0 Å². The molecule has 0 bridgehead atoms. The van der Waals surface area contributed by atoms with Gasteiger partial charge in [0.25, 0.3) is 0 Å². The van der Waals surface area contributed by atoms with Gasteiger partial charge in [0.15, 0.2) is 5.96 Å². The Bertz CT molecular complexity index is 469. The largest absolute Gasteiger partial charge is 0.371 e. The van der Waals surface area contributed by atoms with Crippen molar-refractivity contribution in [1.29, 1.82) is 0 Å². The molecule has 1 heterocycles. The average Bonchev–Trinajstić information content (AvgIpc) is 2.81. The maximum atomic E-state index is 5.60. The number of nitrogens with zero attached hydrogens (tertiary/aromatic N) is 3. The molecule has 0 aliphatic carbocycles. The number of anilines is 1. The van der Waals surface area contributed by atoms with Crippen molar-refractivity contribution >= 4 is 23.3 Å². The Labute approximate surface area is 106 Å². The minimum absolute atomic E-state index is 0.0635. The quantitative estimate of drug-likeness (QED) is 0.522. The lowest BCUT2D eigenvalue weighted by Crippen LogP contribution is -2.26. The summed E-state index contributed by atoms with van der Waals surface area (Å²) in [6.07, 6.45) is 2.48. The van der Waals surface area contributed by atoms with E-state index in [-0.39, 0.29) is 11.9 Å². The minimum Gasteiger partial charge on any atom is -0.371 e. The Morgan fingerprint density at radius 3 is 2.50 bits per heavy atom. The Morgan fingerprint density at radius 2 is 1.83 bits per heavy atom. The van der Waals surface area contributed by atoms with Crippen molar-refractivity contribution in [3.63, 3.8) is 0 Å². The van der Waals surface area contributed by atoms with E-state index in [1.807, 2.05) is 18.2 Å². The first kappa shape index (κ1) is 12.2. The fraction of sp³-hybridized carbons (Fsp3) is 0.333. The zero-order chi connectivity index (χ0) is 13.0. The van der Waals surface area contributed by atoms with Crippen LogP contribution < -0.4 is 22.1 Å². The highest BCUT2D eigenvalue weighted by Gasteiger charge is 2.12. The van der Waals surface area contributed by atoms with Gasteiger partial charge in [0.05, 0.1) is 5.69 Å². The van der Waals surface area contributed by atoms with Crippen LogP contribution in [0.5, 0.6) is 0 Å². The molecular formula is C12H18N6. The third-order valence-electron chi connectivity index (χ3n) is 2.79. The number of hydrogen-bond acceptors (Lipinski definition) is 2. The summed E-state index contributed by atoms with van der Waals surface area (Å²) < 4.78 is 0. The van der Waals surface area contributed by atoms with Gasteiger partial charge < -0.3 is 22.1 Å². The SMILES string of the molecule is NC(N)=NC(N)=Nc1cccc(N2CCCC2)c1. The van der Waals surface area contributed by atoms with Gasteiger partial charge in [-0.3, -0.25) is 0 Å². The van der Waals surface area contributed by atoms with E-state index in [1.54, 1.807) is 0 Å². The molecule has 6 nitrogen and oxygen atoms in total. The summed E-state index contributed by atoms with van der Waals surface area (Å²) in [6.45, 7) is 2.19. The Kier molecular flexibility index (Phi) is 3.66. The Morgan fingerprint density at radius 1 is 1.11 bits per heavy atom. The minimum atomic E-state index is -0.0908. The molecule has 1 aliphatic rings. The summed E-state index contributed by atoms with van der Waals surface area (Å²) in [5, 5.41) is 0. The predicted octanol–water partition coefficient (Wildman–Crippen LogP) is 0.506. The predicted molar refractivity (Wildman–Crippen MR) is 75.0 cm³/mol. The van der Waals surface area contributed by atoms with E-state index in [4.69, 9.17) is 17.2 Å². The molecule has 1 aromatic carbocycles. The first-order valence-corrected chi connectivity index (χ1v) is 5.94. The molecule has 1 aliphatic heterocycles. The molecule has 0 radical (unpaired) electrons. The molecule has 18 heavy (non-hydrogen) atoms. The second-order valence-electron chi connectivity index (χ2n) is 4.22. The van der Waals surface area contributed by atoms with Gasteiger partial charge in [-0.15, -0.1) is 0 Å². The van der Waals surface area contributed by atoms with Crippen molar-refractivity contribution in [2.45, 2.75) is 12.8 Å². The zero-order valence-electron chi connectivity index (χ0n) is 10.2. The highest BCUT2D eigenvalue weighted by Crippen LogP contribution is 2.24. The standard InChI is InChI=1S/C12H18N6/c13-11(14)17-12(15)16-9-4-3-5-10(8-9)18-6-1-2-7-18/h3-5,8H,1-2,6-7H2,(H6,13,14,15,16,17). The molecule has 0 aromatic heterocycles. The normalized spacial score (nSPS) is 15.8. The lowest BCUT2D eigenvalue weighted by Gasteiger charge is -2.17. The van der Waals surface area contributed by atoms with E-state index in [0.29, 0.717) is 0 Å². The van der Waals surface area contributed by atoms with E-state index in [9.17, 15) is 0 Å². The molecule has 1 saturated heterocycles. The summed E-state index contributed by atoms with van der Waals surface area (Å²) in [5.41, 5.74) is 18.0. The molecule has 0 unspecified atom stereocenters. The molecule has 2 rings (SSSR count). The highest BCUT2D eigenvalue weighted by molar-refractivity contribution is 5.93. The van der Waals surface area contributed by atoms with Crippen LogP contribution in [0.15, 0.2) is 34.3 Å². The van der Waals surface area contributed by atoms with Crippen LogP contribution in [0.1, 0.15) is 12.8 Å². The van der Waals surface area contributed by atoms with Crippen molar-refractivity contribution in [1.82, 2.24) is 0 Å². The summed E-state index contributed by atoms with van der Waals surface area (Å²) in [7, 11) is 0. The number of guanidine groups is 2. The Hall–Kier alpha value is -2.24. The van der Waals surface area contributed by atoms with Crippen LogP contribution in [0.3, 0.4) is 0 Å². The van der Waals surface area contributed by atoms with E-state index >= 15 is 0 Å². The Balaban J connectivity index is 2.19. The van der Waals surface area contributed by atoms with E-state index in [2.05, 4.69) is 21.0 Å². The van der Waals surface area contributed by atoms with Crippen molar-refractivity contribution in [3.05, 3.63) is 24.3 Å². The smallest absolute Gasteiger partial charge is 0.223 e. The second-order valence-corrected chi connectivity index (χ2v) is 4.22. The van der Waals surface area contributed by atoms with Gasteiger partial charge >= 0.3 is 0 Å². The van der Waals surface area contributed by atoms with Crippen LogP contribution in [0, 0.1) is 0 Å². The summed E-state index contributed by atoms with van der Waals surface area (Å²) in [4.78, 5) is 10.2. The molecule has 0 amide bonds. The molecule has 96 valence electrons. The van der Waals surface area contributed by atoms with Crippen LogP contribution in [0.2, 0.25) is 0 Å². The van der Waals surface area contributed by atoms with Crippen LogP contribution in [-0.2, 0) is 0 Å². The van der Waals surface area contributed by atoms with Gasteiger partial charge in [-0.1, -0.05) is 6.07 Å². The zero-order valence-corrected chi connectivity index (χ0v) is 10.2. The maximum absolute atomic E-state index is 5.60. The van der Waals surface area contributed by atoms with Crippen LogP contribution in [0.4, 0.5) is 11.4 Å². The topological polar surface area (TPSA) is 106 Å². The number of nitrogens with two attached hydrogens (primary N) is 3. The first-order valence-electron chi connectivity index (χ1n) is 5.94. The monoisotopic (exact) mass is 246 g/mol. The summed E-state index contributed by atoms with van der Waals surface area (Å²) >= 11 is 0. The van der Waals surface area contributed by atoms with Crippen LogP contribution >= 0.6 is 0 Å². The summed E-state index contributed by atoms with van der Waals surface area (Å²) in [6, 6.07) is 7.88. The second kappa shape index (κ2) is 5.39. The van der Waals surface area contributed by atoms with Crippen LogP contribution in [0.25, 0.3) is 0 Å². The van der Waals surface area contributed by atoms with Crippen molar-refractivity contribution in [2.24, 2.45) is 27.2 Å². The third kappa shape index (κ3) is 3.13. The molecular weight excluding hydrogens is 228 g/mol. The molecule has 1 fully saturated rings. The fourth-order valence-corrected chi connectivity index (χ4v) is 2.02.